The number of carbonyl (C=O) groups excluding carboxylic acids is 1. The highest BCUT2D eigenvalue weighted by molar-refractivity contribution is 5.97. The number of carbonyl (C=O) groups is 1. The molecule has 2 rings (SSSR count). The van der Waals surface area contributed by atoms with Gasteiger partial charge in [0.05, 0.1) is 7.11 Å². The summed E-state index contributed by atoms with van der Waals surface area (Å²) in [4.78, 5) is 12.2. The van der Waals surface area contributed by atoms with Crippen LogP contribution in [0.25, 0.3) is 0 Å². The third-order valence-electron chi connectivity index (χ3n) is 3.35. The molecule has 0 aliphatic heterocycles. The first-order valence-electron chi connectivity index (χ1n) is 6.62. The van der Waals surface area contributed by atoms with E-state index in [0.717, 1.165) is 28.9 Å². The Hall–Kier alpha value is -2.29. The molecule has 0 saturated heterocycles. The van der Waals surface area contributed by atoms with Gasteiger partial charge >= 0.3 is 0 Å². The Morgan fingerprint density at radius 2 is 1.85 bits per heavy atom. The fraction of sp³-hybridized carbons (Fsp3) is 0.235. The lowest BCUT2D eigenvalue weighted by molar-refractivity contribution is 0.0982. The maximum atomic E-state index is 12.2. The monoisotopic (exact) mass is 269 g/mol. The van der Waals surface area contributed by atoms with Crippen LogP contribution in [0.5, 0.6) is 5.75 Å². The van der Waals surface area contributed by atoms with Crippen molar-refractivity contribution in [1.29, 1.82) is 0 Å². The lowest BCUT2D eigenvalue weighted by Crippen LogP contribution is -2.04. The number of methoxy groups -OCH3 is 1. The molecule has 0 spiro atoms. The van der Waals surface area contributed by atoms with Gasteiger partial charge in [0.15, 0.2) is 5.78 Å². The van der Waals surface area contributed by atoms with Gasteiger partial charge in [-0.15, -0.1) is 0 Å². The smallest absolute Gasteiger partial charge is 0.163 e. The standard InChI is InChI=1S/C17H19NO2/c1-12-11-14(18)6-9-16(12)17(19)10-5-13-3-7-15(20-2)8-4-13/h3-4,6-9,11H,5,10,18H2,1-2H3. The van der Waals surface area contributed by atoms with Crippen LogP contribution >= 0.6 is 0 Å². The number of Topliss-reactive ketones (excluding diaryl/α,β-unsaturated/α-hetero) is 1. The molecule has 0 aromatic heterocycles. The summed E-state index contributed by atoms with van der Waals surface area (Å²) in [6, 6.07) is 13.2. The van der Waals surface area contributed by atoms with E-state index in [4.69, 9.17) is 10.5 Å². The number of nitrogen functional groups attached to an aromatic ring is 1. The molecule has 2 aromatic carbocycles. The first kappa shape index (κ1) is 14.1. The van der Waals surface area contributed by atoms with Gasteiger partial charge in [0.1, 0.15) is 5.75 Å². The zero-order chi connectivity index (χ0) is 14.5. The van der Waals surface area contributed by atoms with E-state index in [2.05, 4.69) is 0 Å². The molecule has 104 valence electrons. The first-order valence-corrected chi connectivity index (χ1v) is 6.62. The van der Waals surface area contributed by atoms with Crippen molar-refractivity contribution in [3.05, 3.63) is 59.2 Å². The van der Waals surface area contributed by atoms with Gasteiger partial charge in [-0.2, -0.15) is 0 Å². The molecule has 0 bridgehead atoms. The Bertz CT molecular complexity index is 603. The average Bonchev–Trinajstić information content (AvgIpc) is 2.45. The van der Waals surface area contributed by atoms with Crippen LogP contribution < -0.4 is 10.5 Å². The second-order valence-electron chi connectivity index (χ2n) is 4.85. The van der Waals surface area contributed by atoms with E-state index in [1.54, 1.807) is 19.2 Å². The summed E-state index contributed by atoms with van der Waals surface area (Å²) in [6.45, 7) is 1.91. The molecular formula is C17H19NO2. The van der Waals surface area contributed by atoms with E-state index in [1.807, 2.05) is 37.3 Å². The molecule has 0 fully saturated rings. The Morgan fingerprint density at radius 3 is 2.45 bits per heavy atom. The van der Waals surface area contributed by atoms with Crippen molar-refractivity contribution >= 4 is 11.5 Å². The largest absolute Gasteiger partial charge is 0.497 e. The SMILES string of the molecule is COc1ccc(CCC(=O)c2ccc(N)cc2C)cc1. The summed E-state index contributed by atoms with van der Waals surface area (Å²) in [5, 5.41) is 0. The summed E-state index contributed by atoms with van der Waals surface area (Å²) in [5.41, 5.74) is 9.21. The maximum absolute atomic E-state index is 12.2. The molecule has 0 aliphatic carbocycles. The summed E-state index contributed by atoms with van der Waals surface area (Å²) < 4.78 is 5.11. The Labute approximate surface area is 119 Å². The minimum atomic E-state index is 0.151. The summed E-state index contributed by atoms with van der Waals surface area (Å²) in [6.07, 6.45) is 1.23. The molecular weight excluding hydrogens is 250 g/mol. The maximum Gasteiger partial charge on any atom is 0.163 e. The van der Waals surface area contributed by atoms with E-state index < -0.39 is 0 Å². The second-order valence-corrected chi connectivity index (χ2v) is 4.85. The van der Waals surface area contributed by atoms with Crippen molar-refractivity contribution in [1.82, 2.24) is 0 Å². The number of ketones is 1. The van der Waals surface area contributed by atoms with E-state index in [1.165, 1.54) is 0 Å². The normalized spacial score (nSPS) is 10.3. The molecule has 0 radical (unpaired) electrons. The van der Waals surface area contributed by atoms with Gasteiger partial charge in [0.25, 0.3) is 0 Å². The minimum absolute atomic E-state index is 0.151. The molecule has 0 saturated carbocycles. The number of benzene rings is 2. The van der Waals surface area contributed by atoms with Crippen molar-refractivity contribution < 1.29 is 9.53 Å². The van der Waals surface area contributed by atoms with Gasteiger partial charge in [-0.3, -0.25) is 4.79 Å². The number of nitrogens with two attached hydrogens (primary N) is 1. The van der Waals surface area contributed by atoms with Crippen LogP contribution in [0.15, 0.2) is 42.5 Å². The topological polar surface area (TPSA) is 52.3 Å². The van der Waals surface area contributed by atoms with Crippen LogP contribution in [-0.2, 0) is 6.42 Å². The lowest BCUT2D eigenvalue weighted by Gasteiger charge is -2.06. The molecule has 0 aliphatic rings. The molecule has 0 heterocycles. The van der Waals surface area contributed by atoms with Crippen molar-refractivity contribution in [2.24, 2.45) is 0 Å². The molecule has 3 heteroatoms. The number of rotatable bonds is 5. The van der Waals surface area contributed by atoms with Crippen molar-refractivity contribution in [3.8, 4) is 5.75 Å². The van der Waals surface area contributed by atoms with Gasteiger partial charge in [0.2, 0.25) is 0 Å². The zero-order valence-corrected chi connectivity index (χ0v) is 11.8. The Kier molecular flexibility index (Phi) is 4.41. The van der Waals surface area contributed by atoms with E-state index >= 15 is 0 Å². The van der Waals surface area contributed by atoms with Crippen LogP contribution in [-0.4, -0.2) is 12.9 Å². The fourth-order valence-corrected chi connectivity index (χ4v) is 2.18. The van der Waals surface area contributed by atoms with E-state index in [0.29, 0.717) is 12.1 Å². The predicted octanol–water partition coefficient (Wildman–Crippen LogP) is 3.40. The Balaban J connectivity index is 2.00. The molecule has 2 aromatic rings. The van der Waals surface area contributed by atoms with Crippen LogP contribution in [0.4, 0.5) is 5.69 Å². The number of hydrogen-bond donors (Lipinski definition) is 1. The van der Waals surface area contributed by atoms with Gasteiger partial charge in [-0.1, -0.05) is 12.1 Å². The first-order chi connectivity index (χ1) is 9.60. The van der Waals surface area contributed by atoms with Crippen molar-refractivity contribution in [2.45, 2.75) is 19.8 Å². The Morgan fingerprint density at radius 1 is 1.15 bits per heavy atom. The highest BCUT2D eigenvalue weighted by atomic mass is 16.5. The summed E-state index contributed by atoms with van der Waals surface area (Å²) in [7, 11) is 1.64. The number of ether oxygens (including phenoxy) is 1. The van der Waals surface area contributed by atoms with Crippen LogP contribution in [0.2, 0.25) is 0 Å². The van der Waals surface area contributed by atoms with Crippen LogP contribution in [0.3, 0.4) is 0 Å². The van der Waals surface area contributed by atoms with Gasteiger partial charge in [-0.05, 0) is 54.8 Å². The number of aryl methyl sites for hydroxylation is 2. The molecule has 20 heavy (non-hydrogen) atoms. The van der Waals surface area contributed by atoms with Crippen LogP contribution in [0.1, 0.15) is 27.9 Å². The highest BCUT2D eigenvalue weighted by Crippen LogP contribution is 2.17. The third kappa shape index (κ3) is 3.38. The third-order valence-corrected chi connectivity index (χ3v) is 3.35. The molecule has 2 N–H and O–H groups in total. The molecule has 0 unspecified atom stereocenters. The quantitative estimate of drug-likeness (QED) is 0.668. The number of hydrogen-bond acceptors (Lipinski definition) is 3. The lowest BCUT2D eigenvalue weighted by atomic mass is 9.99. The highest BCUT2D eigenvalue weighted by Gasteiger charge is 2.09. The molecule has 0 atom stereocenters. The minimum Gasteiger partial charge on any atom is -0.497 e. The number of anilines is 1. The van der Waals surface area contributed by atoms with Crippen molar-refractivity contribution in [2.75, 3.05) is 12.8 Å². The predicted molar refractivity (Wildman–Crippen MR) is 81.2 cm³/mol. The van der Waals surface area contributed by atoms with Gasteiger partial charge in [0, 0.05) is 17.7 Å². The van der Waals surface area contributed by atoms with Crippen LogP contribution in [0, 0.1) is 6.92 Å². The van der Waals surface area contributed by atoms with E-state index in [-0.39, 0.29) is 5.78 Å². The summed E-state index contributed by atoms with van der Waals surface area (Å²) >= 11 is 0. The van der Waals surface area contributed by atoms with Crippen molar-refractivity contribution in [3.63, 3.8) is 0 Å². The average molecular weight is 269 g/mol. The fourth-order valence-electron chi connectivity index (χ4n) is 2.18. The van der Waals surface area contributed by atoms with E-state index in [9.17, 15) is 4.79 Å². The zero-order valence-electron chi connectivity index (χ0n) is 11.8. The van der Waals surface area contributed by atoms with Gasteiger partial charge in [-0.25, -0.2) is 0 Å². The van der Waals surface area contributed by atoms with Gasteiger partial charge < -0.3 is 10.5 Å². The summed E-state index contributed by atoms with van der Waals surface area (Å²) in [5.74, 6) is 0.979. The second kappa shape index (κ2) is 6.24. The molecule has 0 amide bonds. The molecule has 3 nitrogen and oxygen atoms in total.